The molecule has 168 valence electrons. The summed E-state index contributed by atoms with van der Waals surface area (Å²) in [5.74, 6) is 1.35. The summed E-state index contributed by atoms with van der Waals surface area (Å²) in [6, 6.07) is 25.8. The van der Waals surface area contributed by atoms with Crippen molar-refractivity contribution >= 4 is 16.9 Å². The quantitative estimate of drug-likeness (QED) is 0.405. The van der Waals surface area contributed by atoms with Crippen molar-refractivity contribution in [2.24, 2.45) is 0 Å². The van der Waals surface area contributed by atoms with Crippen LogP contribution in [0.4, 0.5) is 0 Å². The number of fused-ring (bicyclic) bond motifs is 1. The minimum Gasteiger partial charge on any atom is -0.342 e. The molecule has 0 aliphatic carbocycles. The molecule has 33 heavy (non-hydrogen) atoms. The molecule has 5 rings (SSSR count). The van der Waals surface area contributed by atoms with Crippen LogP contribution in [-0.2, 0) is 17.6 Å². The molecule has 1 aromatic heterocycles. The van der Waals surface area contributed by atoms with Gasteiger partial charge in [-0.15, -0.1) is 0 Å². The number of benzene rings is 3. The van der Waals surface area contributed by atoms with Crippen molar-refractivity contribution in [2.75, 3.05) is 13.1 Å². The van der Waals surface area contributed by atoms with Crippen LogP contribution in [0.5, 0.6) is 0 Å². The van der Waals surface area contributed by atoms with E-state index in [0.29, 0.717) is 12.5 Å². The van der Waals surface area contributed by atoms with Crippen LogP contribution in [0.25, 0.3) is 11.0 Å². The molecule has 1 amide bonds. The number of carbonyl (C=O) groups excluding carboxylic acids is 1. The number of piperidine rings is 1. The summed E-state index contributed by atoms with van der Waals surface area (Å²) in [6.45, 7) is 5.78. The summed E-state index contributed by atoms with van der Waals surface area (Å²) in [4.78, 5) is 20.0. The Morgan fingerprint density at radius 2 is 1.55 bits per heavy atom. The number of hydrogen-bond acceptors (Lipinski definition) is 2. The van der Waals surface area contributed by atoms with Gasteiger partial charge in [0.15, 0.2) is 0 Å². The lowest BCUT2D eigenvalue weighted by atomic mass is 10.0. The molecule has 0 bridgehead atoms. The smallest absolute Gasteiger partial charge is 0.226 e. The third-order valence-electron chi connectivity index (χ3n) is 6.69. The second-order valence-corrected chi connectivity index (χ2v) is 9.33. The Labute approximate surface area is 195 Å². The van der Waals surface area contributed by atoms with E-state index in [1.807, 2.05) is 4.90 Å². The molecule has 0 spiro atoms. The molecular formula is C29H31N3O. The van der Waals surface area contributed by atoms with Gasteiger partial charge in [0.25, 0.3) is 0 Å². The average molecular weight is 438 g/mol. The summed E-state index contributed by atoms with van der Waals surface area (Å²) in [5, 5.41) is 0. The van der Waals surface area contributed by atoms with E-state index >= 15 is 0 Å². The Balaban J connectivity index is 1.33. The maximum Gasteiger partial charge on any atom is 0.226 e. The number of hydrogen-bond donors (Lipinski definition) is 0. The second kappa shape index (κ2) is 9.22. The van der Waals surface area contributed by atoms with Crippen LogP contribution in [0.2, 0.25) is 0 Å². The maximum atomic E-state index is 13.0. The van der Waals surface area contributed by atoms with Crippen LogP contribution in [-0.4, -0.2) is 33.4 Å². The fourth-order valence-electron chi connectivity index (χ4n) is 5.24. The van der Waals surface area contributed by atoms with Crippen LogP contribution in [0, 0.1) is 13.8 Å². The average Bonchev–Trinajstić information content (AvgIpc) is 3.17. The predicted octanol–water partition coefficient (Wildman–Crippen LogP) is 5.65. The number of nitrogens with zero attached hydrogens (tertiary/aromatic N) is 3. The molecule has 0 saturated carbocycles. The Hall–Kier alpha value is -3.40. The number of aryl methyl sites for hydroxylation is 2. The molecule has 0 atom stereocenters. The number of aromatic nitrogens is 2. The van der Waals surface area contributed by atoms with Gasteiger partial charge in [0.1, 0.15) is 5.82 Å². The second-order valence-electron chi connectivity index (χ2n) is 9.33. The van der Waals surface area contributed by atoms with Crippen LogP contribution in [0.15, 0.2) is 72.8 Å². The Morgan fingerprint density at radius 1 is 0.879 bits per heavy atom. The summed E-state index contributed by atoms with van der Waals surface area (Å²) in [5.41, 5.74) is 7.07. The summed E-state index contributed by atoms with van der Waals surface area (Å²) in [6.07, 6.45) is 3.23. The molecular weight excluding hydrogens is 406 g/mol. The van der Waals surface area contributed by atoms with Gasteiger partial charge in [0.2, 0.25) is 5.91 Å². The molecule has 2 heterocycles. The first kappa shape index (κ1) is 21.4. The lowest BCUT2D eigenvalue weighted by Crippen LogP contribution is -2.40. The van der Waals surface area contributed by atoms with Gasteiger partial charge < -0.3 is 9.47 Å². The standard InChI is InChI=1S/C29H31N3O/c1-21-16-22(2)18-24(17-21)20-29(33)31-14-12-25(13-15-31)32-27-11-7-6-10-26(27)30-28(32)19-23-8-4-3-5-9-23/h3-11,16-18,25H,12-15,19-20H2,1-2H3. The topological polar surface area (TPSA) is 38.1 Å². The predicted molar refractivity (Wildman–Crippen MR) is 133 cm³/mol. The zero-order valence-corrected chi connectivity index (χ0v) is 19.5. The van der Waals surface area contributed by atoms with Crippen LogP contribution >= 0.6 is 0 Å². The van der Waals surface area contributed by atoms with Gasteiger partial charge in [-0.25, -0.2) is 4.98 Å². The number of carbonyl (C=O) groups is 1. The summed E-state index contributed by atoms with van der Waals surface area (Å²) < 4.78 is 2.44. The van der Waals surface area contributed by atoms with Crippen LogP contribution in [0.1, 0.15) is 47.0 Å². The minimum absolute atomic E-state index is 0.235. The highest BCUT2D eigenvalue weighted by molar-refractivity contribution is 5.79. The van der Waals surface area contributed by atoms with Gasteiger partial charge in [0.05, 0.1) is 17.5 Å². The van der Waals surface area contributed by atoms with Gasteiger partial charge in [-0.3, -0.25) is 4.79 Å². The third-order valence-corrected chi connectivity index (χ3v) is 6.69. The minimum atomic E-state index is 0.235. The van der Waals surface area contributed by atoms with E-state index in [-0.39, 0.29) is 5.91 Å². The van der Waals surface area contributed by atoms with E-state index < -0.39 is 0 Å². The maximum absolute atomic E-state index is 13.0. The van der Waals surface area contributed by atoms with Gasteiger partial charge in [-0.2, -0.15) is 0 Å². The summed E-state index contributed by atoms with van der Waals surface area (Å²) >= 11 is 0. The zero-order chi connectivity index (χ0) is 22.8. The van der Waals surface area contributed by atoms with E-state index in [0.717, 1.165) is 49.3 Å². The molecule has 4 aromatic rings. The van der Waals surface area contributed by atoms with Crippen LogP contribution in [0.3, 0.4) is 0 Å². The molecule has 3 aromatic carbocycles. The largest absolute Gasteiger partial charge is 0.342 e. The van der Waals surface area contributed by atoms with Crippen molar-refractivity contribution in [3.05, 3.63) is 101 Å². The number of rotatable bonds is 5. The van der Waals surface area contributed by atoms with Crippen molar-refractivity contribution < 1.29 is 4.79 Å². The molecule has 1 aliphatic rings. The number of amides is 1. The van der Waals surface area contributed by atoms with E-state index in [1.54, 1.807) is 0 Å². The zero-order valence-electron chi connectivity index (χ0n) is 19.5. The highest BCUT2D eigenvalue weighted by atomic mass is 16.2. The molecule has 0 unspecified atom stereocenters. The van der Waals surface area contributed by atoms with Gasteiger partial charge >= 0.3 is 0 Å². The first-order valence-corrected chi connectivity index (χ1v) is 11.9. The third kappa shape index (κ3) is 4.70. The van der Waals surface area contributed by atoms with Crippen molar-refractivity contribution in [1.29, 1.82) is 0 Å². The van der Waals surface area contributed by atoms with E-state index in [9.17, 15) is 4.79 Å². The molecule has 0 radical (unpaired) electrons. The Morgan fingerprint density at radius 3 is 2.27 bits per heavy atom. The molecule has 1 fully saturated rings. The molecule has 0 N–H and O–H groups in total. The fourth-order valence-corrected chi connectivity index (χ4v) is 5.24. The Kier molecular flexibility index (Phi) is 5.99. The summed E-state index contributed by atoms with van der Waals surface area (Å²) in [7, 11) is 0. The number of para-hydroxylation sites is 2. The monoisotopic (exact) mass is 437 g/mol. The molecule has 1 aliphatic heterocycles. The highest BCUT2D eigenvalue weighted by Crippen LogP contribution is 2.30. The highest BCUT2D eigenvalue weighted by Gasteiger charge is 2.26. The van der Waals surface area contributed by atoms with Crippen LogP contribution < -0.4 is 0 Å². The lowest BCUT2D eigenvalue weighted by molar-refractivity contribution is -0.131. The first-order valence-electron chi connectivity index (χ1n) is 11.9. The number of likely N-dealkylation sites (tertiary alicyclic amines) is 1. The number of imidazole rings is 1. The van der Waals surface area contributed by atoms with E-state index in [1.165, 1.54) is 22.2 Å². The first-order chi connectivity index (χ1) is 16.1. The van der Waals surface area contributed by atoms with Crippen molar-refractivity contribution in [2.45, 2.75) is 45.6 Å². The van der Waals surface area contributed by atoms with Crippen molar-refractivity contribution in [1.82, 2.24) is 14.5 Å². The lowest BCUT2D eigenvalue weighted by Gasteiger charge is -2.34. The van der Waals surface area contributed by atoms with Gasteiger partial charge in [-0.05, 0) is 49.9 Å². The molecule has 1 saturated heterocycles. The SMILES string of the molecule is Cc1cc(C)cc(CC(=O)N2CCC(n3c(Cc4ccccc4)nc4ccccc43)CC2)c1. The fraction of sp³-hybridized carbons (Fsp3) is 0.310. The van der Waals surface area contributed by atoms with E-state index in [2.05, 4.69) is 91.2 Å². The van der Waals surface area contributed by atoms with Crippen molar-refractivity contribution in [3.8, 4) is 0 Å². The molecule has 4 heteroatoms. The van der Waals surface area contributed by atoms with E-state index in [4.69, 9.17) is 4.98 Å². The normalized spacial score (nSPS) is 14.7. The molecule has 4 nitrogen and oxygen atoms in total. The Bertz CT molecular complexity index is 1250. The van der Waals surface area contributed by atoms with Gasteiger partial charge in [0, 0.05) is 25.6 Å². The van der Waals surface area contributed by atoms with Crippen molar-refractivity contribution in [3.63, 3.8) is 0 Å². The van der Waals surface area contributed by atoms with Gasteiger partial charge in [-0.1, -0.05) is 71.8 Å².